The van der Waals surface area contributed by atoms with Gasteiger partial charge in [-0.3, -0.25) is 4.79 Å². The third-order valence-electron chi connectivity index (χ3n) is 2.96. The zero-order chi connectivity index (χ0) is 11.4. The highest BCUT2D eigenvalue weighted by atomic mass is 16.5. The van der Waals surface area contributed by atoms with Crippen molar-refractivity contribution in [3.05, 3.63) is 22.6 Å². The molecule has 1 aliphatic rings. The van der Waals surface area contributed by atoms with Gasteiger partial charge in [-0.05, 0) is 18.8 Å². The fourth-order valence-electron chi connectivity index (χ4n) is 2.00. The first kappa shape index (κ1) is 11.1. The summed E-state index contributed by atoms with van der Waals surface area (Å²) in [7, 11) is 1.99. The molecule has 0 aliphatic carbocycles. The van der Waals surface area contributed by atoms with E-state index in [9.17, 15) is 4.79 Å². The second-order valence-corrected chi connectivity index (χ2v) is 4.24. The normalized spacial score (nSPS) is 17.3. The van der Waals surface area contributed by atoms with Gasteiger partial charge in [0.1, 0.15) is 0 Å². The van der Waals surface area contributed by atoms with Crippen LogP contribution < -0.4 is 10.5 Å². The number of anilines is 1. The Kier molecular flexibility index (Phi) is 3.56. The highest BCUT2D eigenvalue weighted by Crippen LogP contribution is 2.18. The van der Waals surface area contributed by atoms with Crippen molar-refractivity contribution in [2.75, 3.05) is 31.7 Å². The molecule has 1 fully saturated rings. The molecule has 16 heavy (non-hydrogen) atoms. The Bertz CT molecular complexity index is 385. The van der Waals surface area contributed by atoms with Gasteiger partial charge in [0.25, 0.3) is 5.56 Å². The van der Waals surface area contributed by atoms with Crippen molar-refractivity contribution in [3.63, 3.8) is 0 Å². The zero-order valence-electron chi connectivity index (χ0n) is 9.48. The Balaban J connectivity index is 1.96. The van der Waals surface area contributed by atoms with Crippen molar-refractivity contribution in [2.45, 2.75) is 12.8 Å². The summed E-state index contributed by atoms with van der Waals surface area (Å²) in [4.78, 5) is 13.2. The first-order chi connectivity index (χ1) is 7.75. The molecule has 0 bridgehead atoms. The smallest absolute Gasteiger partial charge is 0.266 e. The second kappa shape index (κ2) is 5.12. The summed E-state index contributed by atoms with van der Waals surface area (Å²) >= 11 is 0. The summed E-state index contributed by atoms with van der Waals surface area (Å²) in [5.41, 5.74) is 0.714. The minimum Gasteiger partial charge on any atom is -0.381 e. The molecule has 1 N–H and O–H groups in total. The monoisotopic (exact) mass is 223 g/mol. The fraction of sp³-hybridized carbons (Fsp3) is 0.636. The maximum atomic E-state index is 11.1. The Morgan fingerprint density at radius 3 is 3.00 bits per heavy atom. The number of ether oxygens (including phenoxy) is 1. The zero-order valence-corrected chi connectivity index (χ0v) is 9.48. The van der Waals surface area contributed by atoms with Crippen LogP contribution in [0.15, 0.2) is 17.1 Å². The van der Waals surface area contributed by atoms with E-state index in [2.05, 4.69) is 15.1 Å². The lowest BCUT2D eigenvalue weighted by atomic mass is 10.00. The van der Waals surface area contributed by atoms with Crippen molar-refractivity contribution in [3.8, 4) is 0 Å². The van der Waals surface area contributed by atoms with Crippen LogP contribution >= 0.6 is 0 Å². The molecule has 0 aromatic carbocycles. The van der Waals surface area contributed by atoms with Gasteiger partial charge in [0.05, 0.1) is 11.9 Å². The number of hydrogen-bond acceptors (Lipinski definition) is 4. The van der Waals surface area contributed by atoms with Crippen molar-refractivity contribution in [2.24, 2.45) is 5.92 Å². The van der Waals surface area contributed by atoms with Gasteiger partial charge in [-0.15, -0.1) is 0 Å². The Morgan fingerprint density at radius 1 is 1.56 bits per heavy atom. The standard InChI is InChI=1S/C11H17N3O2/c1-14(8-9-2-4-16-5-3-9)10-6-11(15)13-12-7-10/h6-7,9H,2-5,8H2,1H3,(H,13,15). The molecule has 1 saturated heterocycles. The molecule has 5 heteroatoms. The van der Waals surface area contributed by atoms with Crippen LogP contribution in [0, 0.1) is 5.92 Å². The number of aromatic amines is 1. The van der Waals surface area contributed by atoms with Crippen LogP contribution in [0.4, 0.5) is 5.69 Å². The molecule has 5 nitrogen and oxygen atoms in total. The summed E-state index contributed by atoms with van der Waals surface area (Å²) in [6.07, 6.45) is 3.88. The molecule has 0 unspecified atom stereocenters. The largest absolute Gasteiger partial charge is 0.381 e. The molecule has 0 spiro atoms. The van der Waals surface area contributed by atoms with Crippen molar-refractivity contribution >= 4 is 5.69 Å². The summed E-state index contributed by atoms with van der Waals surface area (Å²) < 4.78 is 5.32. The Labute approximate surface area is 94.4 Å². The van der Waals surface area contributed by atoms with E-state index in [-0.39, 0.29) is 5.56 Å². The van der Waals surface area contributed by atoms with E-state index in [1.165, 1.54) is 0 Å². The number of aromatic nitrogens is 2. The van der Waals surface area contributed by atoms with E-state index in [4.69, 9.17) is 4.74 Å². The maximum absolute atomic E-state index is 11.1. The lowest BCUT2D eigenvalue weighted by molar-refractivity contribution is 0.0685. The molecule has 88 valence electrons. The van der Waals surface area contributed by atoms with E-state index in [1.807, 2.05) is 7.05 Å². The van der Waals surface area contributed by atoms with Crippen molar-refractivity contribution < 1.29 is 4.74 Å². The number of H-pyrrole nitrogens is 1. The number of rotatable bonds is 3. The summed E-state index contributed by atoms with van der Waals surface area (Å²) in [5.74, 6) is 0.651. The summed E-state index contributed by atoms with van der Waals surface area (Å²) in [6.45, 7) is 2.66. The first-order valence-electron chi connectivity index (χ1n) is 5.59. The molecule has 1 aliphatic heterocycles. The van der Waals surface area contributed by atoms with Gasteiger partial charge in [0, 0.05) is 32.9 Å². The third-order valence-corrected chi connectivity index (χ3v) is 2.96. The molecule has 0 amide bonds. The van der Waals surface area contributed by atoms with Crippen LogP contribution in [0.2, 0.25) is 0 Å². The van der Waals surface area contributed by atoms with Crippen LogP contribution in [0.1, 0.15) is 12.8 Å². The van der Waals surface area contributed by atoms with Gasteiger partial charge < -0.3 is 9.64 Å². The Hall–Kier alpha value is -1.36. The predicted octanol–water partition coefficient (Wildman–Crippen LogP) is 0.633. The van der Waals surface area contributed by atoms with Crippen LogP contribution in [0.25, 0.3) is 0 Å². The summed E-state index contributed by atoms with van der Waals surface area (Å²) in [6, 6.07) is 1.58. The number of nitrogens with one attached hydrogen (secondary N) is 1. The first-order valence-corrected chi connectivity index (χ1v) is 5.59. The fourth-order valence-corrected chi connectivity index (χ4v) is 2.00. The van der Waals surface area contributed by atoms with E-state index < -0.39 is 0 Å². The van der Waals surface area contributed by atoms with Gasteiger partial charge >= 0.3 is 0 Å². The highest BCUT2D eigenvalue weighted by molar-refractivity contribution is 5.41. The lowest BCUT2D eigenvalue weighted by Gasteiger charge is -2.27. The van der Waals surface area contributed by atoms with Crippen molar-refractivity contribution in [1.29, 1.82) is 0 Å². The van der Waals surface area contributed by atoms with Gasteiger partial charge in [0.15, 0.2) is 0 Å². The predicted molar refractivity (Wildman–Crippen MR) is 61.7 cm³/mol. The SMILES string of the molecule is CN(CC1CCOCC1)c1cn[nH]c(=O)c1. The molecule has 1 aromatic heterocycles. The average molecular weight is 223 g/mol. The second-order valence-electron chi connectivity index (χ2n) is 4.24. The number of nitrogens with zero attached hydrogens (tertiary/aromatic N) is 2. The molecule has 0 radical (unpaired) electrons. The minimum absolute atomic E-state index is 0.156. The molecule has 2 heterocycles. The highest BCUT2D eigenvalue weighted by Gasteiger charge is 2.16. The maximum Gasteiger partial charge on any atom is 0.266 e. The van der Waals surface area contributed by atoms with E-state index >= 15 is 0 Å². The molecule has 0 saturated carbocycles. The minimum atomic E-state index is -0.156. The Morgan fingerprint density at radius 2 is 2.31 bits per heavy atom. The topological polar surface area (TPSA) is 58.2 Å². The van der Waals surface area contributed by atoms with Crippen LogP contribution in [-0.2, 0) is 4.74 Å². The van der Waals surface area contributed by atoms with Crippen LogP contribution in [0.3, 0.4) is 0 Å². The number of hydrogen-bond donors (Lipinski definition) is 1. The molecular weight excluding hydrogens is 206 g/mol. The molecule has 0 atom stereocenters. The van der Waals surface area contributed by atoms with Gasteiger partial charge in [0.2, 0.25) is 0 Å². The molecular formula is C11H17N3O2. The van der Waals surface area contributed by atoms with Crippen LogP contribution in [0.5, 0.6) is 0 Å². The molecule has 1 aromatic rings. The van der Waals surface area contributed by atoms with E-state index in [0.717, 1.165) is 38.3 Å². The van der Waals surface area contributed by atoms with Gasteiger partial charge in [-0.25, -0.2) is 5.10 Å². The lowest BCUT2D eigenvalue weighted by Crippen LogP contribution is -2.30. The van der Waals surface area contributed by atoms with E-state index in [1.54, 1.807) is 12.3 Å². The quantitative estimate of drug-likeness (QED) is 0.816. The average Bonchev–Trinajstić information content (AvgIpc) is 2.30. The van der Waals surface area contributed by atoms with Gasteiger partial charge in [-0.1, -0.05) is 0 Å². The van der Waals surface area contributed by atoms with Gasteiger partial charge in [-0.2, -0.15) is 5.10 Å². The molecule has 2 rings (SSSR count). The third kappa shape index (κ3) is 2.82. The van der Waals surface area contributed by atoms with Crippen LogP contribution in [-0.4, -0.2) is 37.0 Å². The van der Waals surface area contributed by atoms with Crippen molar-refractivity contribution in [1.82, 2.24) is 10.2 Å². The van der Waals surface area contributed by atoms with E-state index in [0.29, 0.717) is 5.92 Å². The summed E-state index contributed by atoms with van der Waals surface area (Å²) in [5, 5.41) is 6.17.